The Balaban J connectivity index is 2.20. The lowest BCUT2D eigenvalue weighted by Gasteiger charge is -2.13. The van der Waals surface area contributed by atoms with Gasteiger partial charge in [-0.1, -0.05) is 18.6 Å². The normalized spacial score (nSPS) is 15.1. The first-order chi connectivity index (χ1) is 10.2. The maximum atomic E-state index is 5.67. The van der Waals surface area contributed by atoms with Crippen molar-refractivity contribution in [3.63, 3.8) is 0 Å². The van der Waals surface area contributed by atoms with Crippen LogP contribution < -0.4 is 14.8 Å². The molecule has 0 aliphatic heterocycles. The second kappa shape index (κ2) is 7.85. The molecular weight excluding hydrogens is 330 g/mol. The van der Waals surface area contributed by atoms with Gasteiger partial charge in [-0.3, -0.25) is 0 Å². The van der Waals surface area contributed by atoms with E-state index in [1.807, 2.05) is 13.0 Å². The van der Waals surface area contributed by atoms with Crippen LogP contribution in [0.5, 0.6) is 11.5 Å². The van der Waals surface area contributed by atoms with E-state index < -0.39 is 0 Å². The highest BCUT2D eigenvalue weighted by Gasteiger charge is 2.20. The van der Waals surface area contributed by atoms with Gasteiger partial charge < -0.3 is 14.8 Å². The molecule has 0 unspecified atom stereocenters. The molecule has 116 valence electrons. The van der Waals surface area contributed by atoms with E-state index in [1.165, 1.54) is 18.4 Å². The third-order valence-electron chi connectivity index (χ3n) is 3.56. The van der Waals surface area contributed by atoms with Gasteiger partial charge in [0.2, 0.25) is 0 Å². The van der Waals surface area contributed by atoms with Crippen molar-refractivity contribution in [1.29, 1.82) is 0 Å². The van der Waals surface area contributed by atoms with Crippen molar-refractivity contribution < 1.29 is 9.47 Å². The summed E-state index contributed by atoms with van der Waals surface area (Å²) in [5, 5.41) is 3.57. The Morgan fingerprint density at radius 2 is 2.14 bits per heavy atom. The zero-order valence-corrected chi connectivity index (χ0v) is 14.6. The molecule has 1 aromatic rings. The summed E-state index contributed by atoms with van der Waals surface area (Å²) in [4.78, 5) is 0. The Morgan fingerprint density at radius 1 is 1.38 bits per heavy atom. The minimum atomic E-state index is 0.625. The summed E-state index contributed by atoms with van der Waals surface area (Å²) in [6.07, 6.45) is 5.93. The van der Waals surface area contributed by atoms with E-state index in [4.69, 9.17) is 9.47 Å². The average Bonchev–Trinajstić information content (AvgIpc) is 3.28. The number of halogens is 1. The van der Waals surface area contributed by atoms with Crippen LogP contribution in [0, 0.1) is 0 Å². The van der Waals surface area contributed by atoms with Crippen LogP contribution in [0.15, 0.2) is 22.2 Å². The smallest absolute Gasteiger partial charge is 0.174 e. The quantitative estimate of drug-likeness (QED) is 0.751. The van der Waals surface area contributed by atoms with Crippen LogP contribution in [0.2, 0.25) is 0 Å². The summed E-state index contributed by atoms with van der Waals surface area (Å²) < 4.78 is 12.0. The molecule has 1 aliphatic carbocycles. The van der Waals surface area contributed by atoms with Gasteiger partial charge in [-0.25, -0.2) is 0 Å². The summed E-state index contributed by atoms with van der Waals surface area (Å²) in [7, 11) is 1.66. The standard InChI is InChI=1S/C17H24BrNO2/c1-4-12(11-19-14-6-7-14)8-13-9-15(18)17(20-3)16(10-13)21-5-2/h8-10,14,19H,4-7,11H2,1-3H3. The van der Waals surface area contributed by atoms with Crippen LogP contribution >= 0.6 is 15.9 Å². The highest BCUT2D eigenvalue weighted by atomic mass is 79.9. The highest BCUT2D eigenvalue weighted by Crippen LogP contribution is 2.37. The minimum Gasteiger partial charge on any atom is -0.492 e. The molecule has 21 heavy (non-hydrogen) atoms. The Morgan fingerprint density at radius 3 is 2.71 bits per heavy atom. The third-order valence-corrected chi connectivity index (χ3v) is 4.14. The second-order valence-corrected chi connectivity index (χ2v) is 6.13. The maximum Gasteiger partial charge on any atom is 0.174 e. The summed E-state index contributed by atoms with van der Waals surface area (Å²) in [5.74, 6) is 1.54. The molecule has 0 bridgehead atoms. The second-order valence-electron chi connectivity index (χ2n) is 5.28. The van der Waals surface area contributed by atoms with E-state index in [9.17, 15) is 0 Å². The maximum absolute atomic E-state index is 5.67. The molecule has 0 atom stereocenters. The largest absolute Gasteiger partial charge is 0.492 e. The average molecular weight is 354 g/mol. The molecule has 1 aliphatic rings. The molecule has 0 spiro atoms. The van der Waals surface area contributed by atoms with E-state index in [0.717, 1.165) is 40.5 Å². The van der Waals surface area contributed by atoms with Crippen LogP contribution in [-0.4, -0.2) is 26.3 Å². The topological polar surface area (TPSA) is 30.5 Å². The van der Waals surface area contributed by atoms with Gasteiger partial charge in [0.1, 0.15) is 0 Å². The lowest BCUT2D eigenvalue weighted by Crippen LogP contribution is -2.18. The zero-order valence-electron chi connectivity index (χ0n) is 13.0. The summed E-state index contributed by atoms with van der Waals surface area (Å²) in [6, 6.07) is 4.86. The molecule has 4 heteroatoms. The third kappa shape index (κ3) is 4.75. The lowest BCUT2D eigenvalue weighted by molar-refractivity contribution is 0.310. The summed E-state index contributed by atoms with van der Waals surface area (Å²) >= 11 is 3.56. The first kappa shape index (κ1) is 16.4. The van der Waals surface area contributed by atoms with Gasteiger partial charge in [0, 0.05) is 12.6 Å². The van der Waals surface area contributed by atoms with E-state index in [0.29, 0.717) is 6.61 Å². The van der Waals surface area contributed by atoms with Crippen molar-refractivity contribution in [2.75, 3.05) is 20.3 Å². The number of hydrogen-bond acceptors (Lipinski definition) is 3. The molecule has 2 rings (SSSR count). The number of hydrogen-bond donors (Lipinski definition) is 1. The van der Waals surface area contributed by atoms with Crippen molar-refractivity contribution in [3.8, 4) is 11.5 Å². The molecule has 1 fully saturated rings. The van der Waals surface area contributed by atoms with Crippen molar-refractivity contribution in [3.05, 3.63) is 27.7 Å². The predicted octanol–water partition coefficient (Wildman–Crippen LogP) is 4.40. The Hall–Kier alpha value is -1.00. The lowest BCUT2D eigenvalue weighted by atomic mass is 10.1. The summed E-state index contributed by atoms with van der Waals surface area (Å²) in [5.41, 5.74) is 2.54. The molecular formula is C17H24BrNO2. The molecule has 0 amide bonds. The number of ether oxygens (including phenoxy) is 2. The van der Waals surface area contributed by atoms with Gasteiger partial charge in [0.05, 0.1) is 18.2 Å². The molecule has 3 nitrogen and oxygen atoms in total. The zero-order chi connectivity index (χ0) is 15.2. The van der Waals surface area contributed by atoms with E-state index in [1.54, 1.807) is 7.11 Å². The van der Waals surface area contributed by atoms with E-state index >= 15 is 0 Å². The highest BCUT2D eigenvalue weighted by molar-refractivity contribution is 9.10. The van der Waals surface area contributed by atoms with Crippen LogP contribution in [0.4, 0.5) is 0 Å². The first-order valence-electron chi connectivity index (χ1n) is 7.61. The van der Waals surface area contributed by atoms with Gasteiger partial charge in [-0.15, -0.1) is 0 Å². The van der Waals surface area contributed by atoms with Crippen LogP contribution in [-0.2, 0) is 0 Å². The fourth-order valence-corrected chi connectivity index (χ4v) is 2.83. The number of nitrogens with one attached hydrogen (secondary N) is 1. The van der Waals surface area contributed by atoms with Gasteiger partial charge in [0.25, 0.3) is 0 Å². The predicted molar refractivity (Wildman–Crippen MR) is 91.2 cm³/mol. The van der Waals surface area contributed by atoms with E-state index in [2.05, 4.69) is 40.3 Å². The Labute approximate surface area is 135 Å². The van der Waals surface area contributed by atoms with Gasteiger partial charge in [-0.05, 0) is 59.8 Å². The Kier molecular flexibility index (Phi) is 6.12. The first-order valence-corrected chi connectivity index (χ1v) is 8.40. The molecule has 1 N–H and O–H groups in total. The van der Waals surface area contributed by atoms with Crippen LogP contribution in [0.3, 0.4) is 0 Å². The van der Waals surface area contributed by atoms with Gasteiger partial charge in [-0.2, -0.15) is 0 Å². The number of methoxy groups -OCH3 is 1. The fraction of sp³-hybridized carbons (Fsp3) is 0.529. The molecule has 1 saturated carbocycles. The van der Waals surface area contributed by atoms with Gasteiger partial charge >= 0.3 is 0 Å². The molecule has 0 aromatic heterocycles. The monoisotopic (exact) mass is 353 g/mol. The minimum absolute atomic E-state index is 0.625. The molecule has 0 radical (unpaired) electrons. The fourth-order valence-electron chi connectivity index (χ4n) is 2.21. The number of rotatable bonds is 8. The van der Waals surface area contributed by atoms with Crippen molar-refractivity contribution in [1.82, 2.24) is 5.32 Å². The van der Waals surface area contributed by atoms with Crippen LogP contribution in [0.1, 0.15) is 38.7 Å². The van der Waals surface area contributed by atoms with E-state index in [-0.39, 0.29) is 0 Å². The molecule has 1 aromatic carbocycles. The number of benzene rings is 1. The van der Waals surface area contributed by atoms with Crippen molar-refractivity contribution >= 4 is 22.0 Å². The van der Waals surface area contributed by atoms with Gasteiger partial charge in [0.15, 0.2) is 11.5 Å². The SMILES string of the molecule is CCOc1cc(C=C(CC)CNC2CC2)cc(Br)c1OC. The van der Waals surface area contributed by atoms with Crippen molar-refractivity contribution in [2.45, 2.75) is 39.2 Å². The van der Waals surface area contributed by atoms with Crippen molar-refractivity contribution in [2.24, 2.45) is 0 Å². The Bertz CT molecular complexity index is 510. The molecule has 0 heterocycles. The molecule has 0 saturated heterocycles. The summed E-state index contributed by atoms with van der Waals surface area (Å²) in [6.45, 7) is 5.77. The van der Waals surface area contributed by atoms with Crippen LogP contribution in [0.25, 0.3) is 6.08 Å².